The molecule has 88 valence electrons. The molecule has 0 fully saturated rings. The zero-order valence-corrected chi connectivity index (χ0v) is 8.64. The second-order valence-electron chi connectivity index (χ2n) is 3.97. The van der Waals surface area contributed by atoms with E-state index in [1.54, 1.807) is 0 Å². The average Bonchev–Trinajstić information content (AvgIpc) is 2.15. The maximum atomic E-state index is 12.9. The summed E-state index contributed by atoms with van der Waals surface area (Å²) in [5.41, 5.74) is -1.69. The summed E-state index contributed by atoms with van der Waals surface area (Å²) in [6, 6.07) is 3.89. The number of phenolic OH excluding ortho intramolecular Hbond substituents is 1. The summed E-state index contributed by atoms with van der Waals surface area (Å²) in [4.78, 5) is 0. The molecule has 0 unspecified atom stereocenters. The summed E-state index contributed by atoms with van der Waals surface area (Å²) in [5, 5.41) is 9.24. The summed E-state index contributed by atoms with van der Waals surface area (Å²) in [6.07, 6.45) is -4.07. The smallest absolute Gasteiger partial charge is 0.421 e. The van der Waals surface area contributed by atoms with Crippen molar-refractivity contribution in [3.05, 3.63) is 29.3 Å². The van der Waals surface area contributed by atoms with Crippen LogP contribution in [0.3, 0.4) is 0 Å². The van der Waals surface area contributed by atoms with E-state index in [-0.39, 0.29) is 17.9 Å². The van der Waals surface area contributed by atoms with Gasteiger partial charge in [0.05, 0.1) is 6.61 Å². The summed E-state index contributed by atoms with van der Waals surface area (Å²) in [7, 11) is 0. The van der Waals surface area contributed by atoms with Gasteiger partial charge in [-0.1, -0.05) is 6.07 Å². The van der Waals surface area contributed by atoms with Gasteiger partial charge in [-0.2, -0.15) is 13.2 Å². The number of aromatic hydroxyl groups is 1. The van der Waals surface area contributed by atoms with Crippen LogP contribution in [0.5, 0.6) is 5.75 Å². The first-order valence-electron chi connectivity index (χ1n) is 4.87. The first-order chi connectivity index (χ1) is 7.34. The van der Waals surface area contributed by atoms with Crippen LogP contribution in [0.1, 0.15) is 18.1 Å². The zero-order chi connectivity index (χ0) is 12.0. The van der Waals surface area contributed by atoms with Crippen LogP contribution in [0.15, 0.2) is 18.2 Å². The molecule has 0 saturated carbocycles. The highest BCUT2D eigenvalue weighted by Gasteiger charge is 2.55. The molecule has 1 N–H and O–H groups in total. The van der Waals surface area contributed by atoms with Crippen LogP contribution >= 0.6 is 0 Å². The third-order valence-electron chi connectivity index (χ3n) is 2.91. The number of fused-ring (bicyclic) bond motifs is 1. The van der Waals surface area contributed by atoms with Crippen LogP contribution in [0.4, 0.5) is 13.2 Å². The Bertz CT molecular complexity index is 414. The maximum Gasteiger partial charge on any atom is 0.421 e. The number of alkyl halides is 3. The van der Waals surface area contributed by atoms with Crippen LogP contribution in [-0.4, -0.2) is 17.9 Å². The summed E-state index contributed by atoms with van der Waals surface area (Å²) in [6.45, 7) is 1.02. The Labute approximate surface area is 90.7 Å². The molecule has 0 bridgehead atoms. The third-order valence-corrected chi connectivity index (χ3v) is 2.91. The maximum absolute atomic E-state index is 12.9. The van der Waals surface area contributed by atoms with Crippen molar-refractivity contribution in [2.45, 2.75) is 25.1 Å². The lowest BCUT2D eigenvalue weighted by atomic mass is 9.87. The molecule has 0 aliphatic carbocycles. The van der Waals surface area contributed by atoms with Crippen molar-refractivity contribution in [3.63, 3.8) is 0 Å². The fraction of sp³-hybridized carbons (Fsp3) is 0.455. The summed E-state index contributed by atoms with van der Waals surface area (Å²) >= 11 is 0. The minimum Gasteiger partial charge on any atom is -0.508 e. The second-order valence-corrected chi connectivity index (χ2v) is 3.97. The molecule has 1 aliphatic heterocycles. The van der Waals surface area contributed by atoms with Crippen LogP contribution in [0, 0.1) is 0 Å². The number of rotatable bonds is 0. The molecule has 16 heavy (non-hydrogen) atoms. The van der Waals surface area contributed by atoms with Gasteiger partial charge < -0.3 is 9.84 Å². The van der Waals surface area contributed by atoms with Gasteiger partial charge >= 0.3 is 6.18 Å². The van der Waals surface area contributed by atoms with Crippen molar-refractivity contribution in [1.82, 2.24) is 0 Å². The topological polar surface area (TPSA) is 29.5 Å². The van der Waals surface area contributed by atoms with Gasteiger partial charge in [0.25, 0.3) is 0 Å². The molecule has 1 aromatic rings. The highest BCUT2D eigenvalue weighted by Crippen LogP contribution is 2.45. The Morgan fingerprint density at radius 1 is 1.38 bits per heavy atom. The molecule has 1 heterocycles. The van der Waals surface area contributed by atoms with Gasteiger partial charge in [-0.05, 0) is 36.6 Å². The molecular weight excluding hydrogens is 221 g/mol. The molecule has 2 nitrogen and oxygen atoms in total. The van der Waals surface area contributed by atoms with Gasteiger partial charge in [-0.3, -0.25) is 0 Å². The van der Waals surface area contributed by atoms with Crippen LogP contribution in [-0.2, 0) is 16.8 Å². The Balaban J connectivity index is 2.56. The molecule has 0 radical (unpaired) electrons. The van der Waals surface area contributed by atoms with E-state index in [0.717, 1.165) is 6.92 Å². The van der Waals surface area contributed by atoms with Gasteiger partial charge in [-0.25, -0.2) is 0 Å². The van der Waals surface area contributed by atoms with E-state index in [4.69, 9.17) is 4.74 Å². The number of hydrogen-bond donors (Lipinski definition) is 1. The van der Waals surface area contributed by atoms with Crippen molar-refractivity contribution in [2.24, 2.45) is 0 Å². The lowest BCUT2D eigenvalue weighted by molar-refractivity contribution is -0.281. The first kappa shape index (κ1) is 11.3. The molecular formula is C11H11F3O2. The molecule has 1 atom stereocenters. The van der Waals surface area contributed by atoms with Crippen molar-refractivity contribution in [1.29, 1.82) is 0 Å². The number of hydrogen-bond acceptors (Lipinski definition) is 2. The van der Waals surface area contributed by atoms with Crippen LogP contribution < -0.4 is 0 Å². The van der Waals surface area contributed by atoms with Crippen molar-refractivity contribution in [2.75, 3.05) is 6.61 Å². The molecule has 5 heteroatoms. The Hall–Kier alpha value is -1.23. The molecule has 0 saturated heterocycles. The molecule has 0 amide bonds. The predicted octanol–water partition coefficient (Wildman–Crippen LogP) is 2.74. The largest absolute Gasteiger partial charge is 0.508 e. The second kappa shape index (κ2) is 3.38. The number of benzene rings is 1. The van der Waals surface area contributed by atoms with Gasteiger partial charge in [0.15, 0.2) is 5.60 Å². The Kier molecular flexibility index (Phi) is 2.38. The van der Waals surface area contributed by atoms with E-state index < -0.39 is 11.8 Å². The van der Waals surface area contributed by atoms with Gasteiger partial charge in [0.2, 0.25) is 0 Å². The molecule has 1 aliphatic rings. The minimum atomic E-state index is -4.46. The molecule has 1 aromatic carbocycles. The van der Waals surface area contributed by atoms with E-state index in [2.05, 4.69) is 0 Å². The SMILES string of the molecule is C[C@@]1(C(F)(F)F)OCCc2cc(O)ccc21. The fourth-order valence-corrected chi connectivity index (χ4v) is 1.93. The van der Waals surface area contributed by atoms with E-state index >= 15 is 0 Å². The Morgan fingerprint density at radius 2 is 2.06 bits per heavy atom. The number of halogens is 3. The van der Waals surface area contributed by atoms with Crippen molar-refractivity contribution >= 4 is 0 Å². The highest BCUT2D eigenvalue weighted by molar-refractivity contribution is 5.40. The highest BCUT2D eigenvalue weighted by atomic mass is 19.4. The summed E-state index contributed by atoms with van der Waals surface area (Å²) < 4.78 is 43.6. The zero-order valence-electron chi connectivity index (χ0n) is 8.64. The Morgan fingerprint density at radius 3 is 2.69 bits per heavy atom. The van der Waals surface area contributed by atoms with E-state index in [1.165, 1.54) is 18.2 Å². The molecule has 0 spiro atoms. The number of phenols is 1. The monoisotopic (exact) mass is 232 g/mol. The first-order valence-corrected chi connectivity index (χ1v) is 4.87. The quantitative estimate of drug-likeness (QED) is 0.745. The summed E-state index contributed by atoms with van der Waals surface area (Å²) in [5.74, 6) is -0.0230. The van der Waals surface area contributed by atoms with E-state index in [1.807, 2.05) is 0 Å². The van der Waals surface area contributed by atoms with E-state index in [0.29, 0.717) is 12.0 Å². The molecule has 2 rings (SSSR count). The van der Waals surface area contributed by atoms with Crippen LogP contribution in [0.25, 0.3) is 0 Å². The lowest BCUT2D eigenvalue weighted by Crippen LogP contribution is -2.45. The third kappa shape index (κ3) is 1.55. The predicted molar refractivity (Wildman–Crippen MR) is 51.2 cm³/mol. The van der Waals surface area contributed by atoms with Crippen molar-refractivity contribution < 1.29 is 23.0 Å². The van der Waals surface area contributed by atoms with Gasteiger partial charge in [0.1, 0.15) is 5.75 Å². The number of ether oxygens (including phenoxy) is 1. The van der Waals surface area contributed by atoms with Gasteiger partial charge in [-0.15, -0.1) is 0 Å². The minimum absolute atomic E-state index is 0.00641. The normalized spacial score (nSPS) is 25.2. The van der Waals surface area contributed by atoms with Crippen LogP contribution in [0.2, 0.25) is 0 Å². The lowest BCUT2D eigenvalue weighted by Gasteiger charge is -2.37. The van der Waals surface area contributed by atoms with E-state index in [9.17, 15) is 18.3 Å². The fourth-order valence-electron chi connectivity index (χ4n) is 1.93. The average molecular weight is 232 g/mol. The van der Waals surface area contributed by atoms with Gasteiger partial charge in [0, 0.05) is 0 Å². The standard InChI is InChI=1S/C11H11F3O2/c1-10(11(12,13)14)9-3-2-8(15)6-7(9)4-5-16-10/h2-3,6,15H,4-5H2,1H3/t10-/m1/s1. The molecule has 0 aromatic heterocycles. The van der Waals surface area contributed by atoms with Crippen molar-refractivity contribution in [3.8, 4) is 5.75 Å².